The first kappa shape index (κ1) is 21.2. The molecule has 3 nitrogen and oxygen atoms in total. The van der Waals surface area contributed by atoms with E-state index in [1.165, 1.54) is 41.8 Å². The van der Waals surface area contributed by atoms with Crippen LogP contribution in [-0.4, -0.2) is 16.2 Å². The second kappa shape index (κ2) is 7.58. The molecular formula is C27H33ClN2OS. The van der Waals surface area contributed by atoms with Crippen molar-refractivity contribution >= 4 is 28.1 Å². The molecular weight excluding hydrogens is 436 g/mol. The van der Waals surface area contributed by atoms with Crippen molar-refractivity contribution in [3.8, 4) is 0 Å². The number of aliphatic hydroxyl groups excluding tert-OH is 1. The minimum Gasteiger partial charge on any atom is -0.393 e. The predicted molar refractivity (Wildman–Crippen MR) is 132 cm³/mol. The summed E-state index contributed by atoms with van der Waals surface area (Å²) in [4.78, 5) is 6.67. The first-order valence-corrected chi connectivity index (χ1v) is 13.4. The van der Waals surface area contributed by atoms with Crippen LogP contribution in [0.2, 0.25) is 5.02 Å². The minimum absolute atomic E-state index is 0.124. The lowest BCUT2D eigenvalue weighted by molar-refractivity contribution is -0.0169. The number of aliphatic hydroxyl groups is 1. The zero-order valence-corrected chi connectivity index (χ0v) is 20.6. The number of aromatic nitrogens is 1. The Morgan fingerprint density at radius 1 is 1.09 bits per heavy atom. The predicted octanol–water partition coefficient (Wildman–Crippen LogP) is 6.75. The van der Waals surface area contributed by atoms with Crippen molar-refractivity contribution in [2.75, 3.05) is 5.32 Å². The van der Waals surface area contributed by atoms with Crippen molar-refractivity contribution in [3.63, 3.8) is 0 Å². The normalized spacial score (nSPS) is 37.7. The summed E-state index contributed by atoms with van der Waals surface area (Å²) in [7, 11) is 0. The van der Waals surface area contributed by atoms with Gasteiger partial charge in [-0.25, -0.2) is 4.98 Å². The van der Waals surface area contributed by atoms with Gasteiger partial charge in [0.15, 0.2) is 5.13 Å². The summed E-state index contributed by atoms with van der Waals surface area (Å²) in [5, 5.41) is 15.6. The van der Waals surface area contributed by atoms with Crippen molar-refractivity contribution < 1.29 is 5.11 Å². The quantitative estimate of drug-likeness (QED) is 0.490. The van der Waals surface area contributed by atoms with Crippen LogP contribution in [0.25, 0.3) is 0 Å². The molecule has 2 fully saturated rings. The topological polar surface area (TPSA) is 45.2 Å². The maximum absolute atomic E-state index is 10.2. The number of allylic oxidation sites excluding steroid dienone is 1. The van der Waals surface area contributed by atoms with Crippen molar-refractivity contribution in [2.45, 2.75) is 76.9 Å². The number of anilines is 1. The average Bonchev–Trinajstić information content (AvgIpc) is 3.30. The molecule has 170 valence electrons. The van der Waals surface area contributed by atoms with Gasteiger partial charge in [-0.2, -0.15) is 0 Å². The van der Waals surface area contributed by atoms with Crippen LogP contribution in [0.5, 0.6) is 0 Å². The number of rotatable bonds is 3. The molecule has 2 aromatic rings. The number of halogens is 1. The fourth-order valence-electron chi connectivity index (χ4n) is 7.62. The van der Waals surface area contributed by atoms with Crippen molar-refractivity contribution in [3.05, 3.63) is 57.1 Å². The zero-order valence-electron chi connectivity index (χ0n) is 19.0. The molecule has 1 heterocycles. The molecule has 2 saturated carbocycles. The first-order valence-electron chi connectivity index (χ1n) is 12.2. The lowest BCUT2D eigenvalue weighted by atomic mass is 9.48. The van der Waals surface area contributed by atoms with Crippen LogP contribution in [0.15, 0.2) is 35.9 Å². The fourth-order valence-corrected chi connectivity index (χ4v) is 8.90. The van der Waals surface area contributed by atoms with Gasteiger partial charge in [-0.05, 0) is 85.8 Å². The molecule has 5 heteroatoms. The summed E-state index contributed by atoms with van der Waals surface area (Å²) in [6, 6.07) is 8.04. The van der Waals surface area contributed by atoms with Gasteiger partial charge in [0.05, 0.1) is 11.8 Å². The van der Waals surface area contributed by atoms with E-state index in [1.807, 2.05) is 23.5 Å². The van der Waals surface area contributed by atoms with Crippen LogP contribution in [0, 0.1) is 23.2 Å². The van der Waals surface area contributed by atoms with Gasteiger partial charge < -0.3 is 10.4 Å². The first-order chi connectivity index (χ1) is 15.4. The molecule has 0 aliphatic heterocycles. The Morgan fingerprint density at radius 2 is 1.88 bits per heavy atom. The maximum atomic E-state index is 10.2. The molecule has 0 spiro atoms. The van der Waals surface area contributed by atoms with Crippen LogP contribution >= 0.6 is 22.9 Å². The number of hydrogen-bond donors (Lipinski definition) is 2. The smallest absolute Gasteiger partial charge is 0.183 e. The summed E-state index contributed by atoms with van der Waals surface area (Å²) in [5.41, 5.74) is 4.68. The number of fused-ring (bicyclic) bond motifs is 7. The molecule has 0 saturated heterocycles. The molecule has 0 amide bonds. The van der Waals surface area contributed by atoms with Gasteiger partial charge in [-0.1, -0.05) is 49.2 Å². The third-order valence-corrected chi connectivity index (χ3v) is 10.8. The van der Waals surface area contributed by atoms with Crippen LogP contribution in [-0.2, 0) is 18.4 Å². The fraction of sp³-hybridized carbons (Fsp3) is 0.593. The summed E-state index contributed by atoms with van der Waals surface area (Å²) in [5.74, 6) is 2.23. The zero-order chi connectivity index (χ0) is 22.1. The molecule has 4 aliphatic rings. The third-order valence-electron chi connectivity index (χ3n) is 9.47. The molecule has 0 bridgehead atoms. The Balaban J connectivity index is 1.22. The Labute approximate surface area is 200 Å². The van der Waals surface area contributed by atoms with Gasteiger partial charge in [0.25, 0.3) is 0 Å². The van der Waals surface area contributed by atoms with Gasteiger partial charge in [-0.3, -0.25) is 0 Å². The van der Waals surface area contributed by atoms with Crippen LogP contribution < -0.4 is 5.32 Å². The molecule has 32 heavy (non-hydrogen) atoms. The Kier molecular flexibility index (Phi) is 5.02. The van der Waals surface area contributed by atoms with Gasteiger partial charge >= 0.3 is 0 Å². The van der Waals surface area contributed by atoms with E-state index < -0.39 is 0 Å². The van der Waals surface area contributed by atoms with Gasteiger partial charge in [0, 0.05) is 21.9 Å². The third kappa shape index (κ3) is 3.20. The summed E-state index contributed by atoms with van der Waals surface area (Å²) >= 11 is 7.89. The van der Waals surface area contributed by atoms with E-state index in [9.17, 15) is 5.11 Å². The van der Waals surface area contributed by atoms with E-state index in [2.05, 4.69) is 37.4 Å². The van der Waals surface area contributed by atoms with Gasteiger partial charge in [-0.15, -0.1) is 11.3 Å². The van der Waals surface area contributed by atoms with Crippen LogP contribution in [0.4, 0.5) is 5.13 Å². The highest BCUT2D eigenvalue weighted by Gasteiger charge is 2.58. The van der Waals surface area contributed by atoms with Crippen LogP contribution in [0.3, 0.4) is 0 Å². The molecule has 2 N–H and O–H groups in total. The average molecular weight is 469 g/mol. The number of benzene rings is 1. The highest BCUT2D eigenvalue weighted by molar-refractivity contribution is 7.15. The van der Waals surface area contributed by atoms with Crippen molar-refractivity contribution in [1.29, 1.82) is 0 Å². The van der Waals surface area contributed by atoms with Gasteiger partial charge in [0.2, 0.25) is 0 Å². The van der Waals surface area contributed by atoms with E-state index in [4.69, 9.17) is 16.6 Å². The Morgan fingerprint density at radius 3 is 2.69 bits per heavy atom. The summed E-state index contributed by atoms with van der Waals surface area (Å²) < 4.78 is 0. The van der Waals surface area contributed by atoms with Crippen LogP contribution in [0.1, 0.15) is 68.5 Å². The number of thiazole rings is 1. The second-order valence-electron chi connectivity index (χ2n) is 11.1. The Bertz CT molecular complexity index is 1060. The lowest BCUT2D eigenvalue weighted by Gasteiger charge is -2.57. The van der Waals surface area contributed by atoms with E-state index in [1.54, 1.807) is 5.57 Å². The van der Waals surface area contributed by atoms with Crippen molar-refractivity contribution in [1.82, 2.24) is 4.98 Å². The van der Waals surface area contributed by atoms with E-state index in [0.717, 1.165) is 47.8 Å². The summed E-state index contributed by atoms with van der Waals surface area (Å²) in [6.07, 6.45) is 10.4. The summed E-state index contributed by atoms with van der Waals surface area (Å²) in [6.45, 7) is 5.78. The van der Waals surface area contributed by atoms with Gasteiger partial charge in [0.1, 0.15) is 0 Å². The minimum atomic E-state index is -0.124. The number of hydrogen-bond acceptors (Lipinski definition) is 4. The monoisotopic (exact) mass is 468 g/mol. The van der Waals surface area contributed by atoms with E-state index in [-0.39, 0.29) is 11.5 Å². The number of nitrogens with zero attached hydrogens (tertiary/aromatic N) is 1. The second-order valence-corrected chi connectivity index (χ2v) is 12.6. The SMILES string of the molecule is C[C@]12CC[C@H](O)CC1=CC[C@@H]1[C@@H]2CC[C@]2(C)c3nc(NCc4ccc(Cl)cc4)sc3C[C@@H]12. The molecule has 1 aromatic carbocycles. The largest absolute Gasteiger partial charge is 0.393 e. The maximum Gasteiger partial charge on any atom is 0.183 e. The molecule has 6 rings (SSSR count). The van der Waals surface area contributed by atoms with E-state index in [0.29, 0.717) is 11.3 Å². The van der Waals surface area contributed by atoms with Crippen molar-refractivity contribution in [2.24, 2.45) is 23.2 Å². The highest BCUT2D eigenvalue weighted by atomic mass is 35.5. The lowest BCUT2D eigenvalue weighted by Crippen LogP contribution is -2.51. The molecule has 0 radical (unpaired) electrons. The van der Waals surface area contributed by atoms with E-state index >= 15 is 0 Å². The molecule has 4 aliphatic carbocycles. The number of nitrogens with one attached hydrogen (secondary N) is 1. The molecule has 6 atom stereocenters. The highest BCUT2D eigenvalue weighted by Crippen LogP contribution is 2.64. The standard InChI is InChI=1S/C27H33ClN2OS/c1-26-11-9-19(31)13-17(26)5-8-20-21(26)10-12-27(2)22(20)14-23-24(27)30-25(32-23)29-15-16-3-6-18(28)7-4-16/h3-7,19-22,31H,8-15H2,1-2H3,(H,29,30)/t19-,20+,21-,22-,26-,27-/m0/s1. The molecule has 1 aromatic heterocycles. The molecule has 0 unspecified atom stereocenters. The Hall–Kier alpha value is -1.36.